The van der Waals surface area contributed by atoms with Gasteiger partial charge in [-0.2, -0.15) is 0 Å². The van der Waals surface area contributed by atoms with Crippen molar-refractivity contribution in [1.29, 1.82) is 0 Å². The van der Waals surface area contributed by atoms with Crippen molar-refractivity contribution >= 4 is 5.91 Å². The predicted octanol–water partition coefficient (Wildman–Crippen LogP) is 3.26. The number of nitrogens with one attached hydrogen (secondary N) is 1. The molecule has 0 aliphatic carbocycles. The zero-order chi connectivity index (χ0) is 15.0. The molecule has 3 heteroatoms. The molecular weight excluding hydrogens is 248 g/mol. The topological polar surface area (TPSA) is 55.1 Å². The molecule has 0 radical (unpaired) electrons. The molecule has 0 aliphatic heterocycles. The first-order valence-corrected chi connectivity index (χ1v) is 7.54. The van der Waals surface area contributed by atoms with E-state index in [2.05, 4.69) is 30.4 Å². The van der Waals surface area contributed by atoms with Crippen LogP contribution in [0.1, 0.15) is 57.1 Å². The highest BCUT2D eigenvalue weighted by Crippen LogP contribution is 2.21. The monoisotopic (exact) mass is 276 g/mol. The summed E-state index contributed by atoms with van der Waals surface area (Å²) in [4.78, 5) is 12.0. The summed E-state index contributed by atoms with van der Waals surface area (Å²) in [7, 11) is 0. The number of benzene rings is 1. The number of aryl methyl sites for hydroxylation is 1. The fraction of sp³-hybridized carbons (Fsp3) is 0.588. The highest BCUT2D eigenvalue weighted by molar-refractivity contribution is 5.76. The Bertz CT molecular complexity index is 427. The van der Waals surface area contributed by atoms with Gasteiger partial charge in [0, 0.05) is 6.42 Å². The van der Waals surface area contributed by atoms with Crippen molar-refractivity contribution in [1.82, 2.24) is 5.32 Å². The van der Waals surface area contributed by atoms with Crippen molar-refractivity contribution in [2.75, 3.05) is 6.54 Å². The van der Waals surface area contributed by atoms with Gasteiger partial charge < -0.3 is 11.1 Å². The molecule has 3 N–H and O–H groups in total. The zero-order valence-corrected chi connectivity index (χ0v) is 13.0. The Hall–Kier alpha value is -1.35. The molecule has 0 aliphatic rings. The third-order valence-corrected chi connectivity index (χ3v) is 3.55. The second-order valence-electron chi connectivity index (χ2n) is 6.00. The minimum Gasteiger partial charge on any atom is -0.347 e. The van der Waals surface area contributed by atoms with Crippen LogP contribution in [-0.4, -0.2) is 12.5 Å². The molecular formula is C17H28N2O. The van der Waals surface area contributed by atoms with E-state index in [1.165, 1.54) is 5.56 Å². The second-order valence-corrected chi connectivity index (χ2v) is 6.00. The summed E-state index contributed by atoms with van der Waals surface area (Å²) in [5.41, 5.74) is 7.49. The molecule has 0 aromatic heterocycles. The fourth-order valence-electron chi connectivity index (χ4n) is 2.30. The number of carbonyl (C=O) groups excluding carboxylic acids is 1. The van der Waals surface area contributed by atoms with Gasteiger partial charge in [-0.1, -0.05) is 42.7 Å². The third kappa shape index (κ3) is 5.74. The Balaban J connectivity index is 2.43. The van der Waals surface area contributed by atoms with Gasteiger partial charge in [0.2, 0.25) is 5.91 Å². The summed E-state index contributed by atoms with van der Waals surface area (Å²) in [5.74, 6) is 0.129. The lowest BCUT2D eigenvalue weighted by Crippen LogP contribution is -2.40. The van der Waals surface area contributed by atoms with Crippen LogP contribution in [0, 0.1) is 6.92 Å². The minimum atomic E-state index is -0.319. The molecule has 0 unspecified atom stereocenters. The summed E-state index contributed by atoms with van der Waals surface area (Å²) in [5, 5.41) is 3.13. The molecule has 0 bridgehead atoms. The van der Waals surface area contributed by atoms with Gasteiger partial charge in [0.1, 0.15) is 0 Å². The van der Waals surface area contributed by atoms with Gasteiger partial charge in [0.05, 0.1) is 5.54 Å². The average Bonchev–Trinajstić information content (AvgIpc) is 2.38. The number of unbranched alkanes of at least 4 members (excludes halogenated alkanes) is 3. The third-order valence-electron chi connectivity index (χ3n) is 3.55. The molecule has 1 aromatic carbocycles. The zero-order valence-electron chi connectivity index (χ0n) is 13.0. The lowest BCUT2D eigenvalue weighted by Gasteiger charge is -2.27. The van der Waals surface area contributed by atoms with Gasteiger partial charge in [0.15, 0.2) is 0 Å². The Morgan fingerprint density at radius 3 is 2.55 bits per heavy atom. The first kappa shape index (κ1) is 16.7. The van der Waals surface area contributed by atoms with Crippen LogP contribution in [0.15, 0.2) is 24.3 Å². The normalized spacial score (nSPS) is 11.4. The molecule has 1 aromatic rings. The van der Waals surface area contributed by atoms with Crippen LogP contribution in [0.2, 0.25) is 0 Å². The highest BCUT2D eigenvalue weighted by atomic mass is 16.1. The maximum Gasteiger partial charge on any atom is 0.220 e. The van der Waals surface area contributed by atoms with E-state index in [1.54, 1.807) is 0 Å². The number of rotatable bonds is 8. The molecule has 0 saturated carbocycles. The lowest BCUT2D eigenvalue weighted by molar-refractivity contribution is -0.122. The van der Waals surface area contributed by atoms with Crippen LogP contribution >= 0.6 is 0 Å². The molecule has 112 valence electrons. The standard InChI is InChI=1S/C17H28N2O/c1-14-9-8-10-15(13-14)17(2,3)19-16(20)11-6-4-5-7-12-18/h8-10,13H,4-7,11-12,18H2,1-3H3,(H,19,20). The van der Waals surface area contributed by atoms with Crippen molar-refractivity contribution in [3.05, 3.63) is 35.4 Å². The first-order valence-electron chi connectivity index (χ1n) is 7.54. The van der Waals surface area contributed by atoms with E-state index in [4.69, 9.17) is 5.73 Å². The van der Waals surface area contributed by atoms with E-state index in [9.17, 15) is 4.79 Å². The number of carbonyl (C=O) groups is 1. The maximum atomic E-state index is 12.0. The summed E-state index contributed by atoms with van der Waals surface area (Å²) < 4.78 is 0. The molecule has 1 rings (SSSR count). The number of hydrogen-bond acceptors (Lipinski definition) is 2. The molecule has 0 heterocycles. The van der Waals surface area contributed by atoms with Crippen molar-refractivity contribution in [3.63, 3.8) is 0 Å². The van der Waals surface area contributed by atoms with E-state index in [0.29, 0.717) is 6.42 Å². The summed E-state index contributed by atoms with van der Waals surface area (Å²) >= 11 is 0. The second kappa shape index (κ2) is 8.05. The molecule has 20 heavy (non-hydrogen) atoms. The predicted molar refractivity (Wildman–Crippen MR) is 84.5 cm³/mol. The smallest absolute Gasteiger partial charge is 0.220 e. The average molecular weight is 276 g/mol. The highest BCUT2D eigenvalue weighted by Gasteiger charge is 2.22. The number of amides is 1. The molecule has 0 atom stereocenters. The minimum absolute atomic E-state index is 0.129. The summed E-state index contributed by atoms with van der Waals surface area (Å²) in [6.45, 7) is 6.91. The number of hydrogen-bond donors (Lipinski definition) is 2. The van der Waals surface area contributed by atoms with Gasteiger partial charge >= 0.3 is 0 Å². The van der Waals surface area contributed by atoms with Gasteiger partial charge in [0.25, 0.3) is 0 Å². The van der Waals surface area contributed by atoms with Crippen LogP contribution in [0.4, 0.5) is 0 Å². The van der Waals surface area contributed by atoms with Crippen LogP contribution in [0.3, 0.4) is 0 Å². The first-order chi connectivity index (χ1) is 9.45. The Kier molecular flexibility index (Phi) is 6.73. The van der Waals surface area contributed by atoms with E-state index >= 15 is 0 Å². The van der Waals surface area contributed by atoms with Crippen LogP contribution < -0.4 is 11.1 Å². The molecule has 0 spiro atoms. The summed E-state index contributed by atoms with van der Waals surface area (Å²) in [6.07, 6.45) is 4.78. The maximum absolute atomic E-state index is 12.0. The van der Waals surface area contributed by atoms with Crippen LogP contribution in [0.5, 0.6) is 0 Å². The van der Waals surface area contributed by atoms with E-state index in [1.807, 2.05) is 19.9 Å². The lowest BCUT2D eigenvalue weighted by atomic mass is 9.92. The van der Waals surface area contributed by atoms with Crippen molar-refractivity contribution < 1.29 is 4.79 Å². The van der Waals surface area contributed by atoms with E-state index in [0.717, 1.165) is 37.8 Å². The molecule has 3 nitrogen and oxygen atoms in total. The quantitative estimate of drug-likeness (QED) is 0.716. The van der Waals surface area contributed by atoms with Crippen molar-refractivity contribution in [2.45, 2.75) is 58.4 Å². The molecule has 1 amide bonds. The fourth-order valence-corrected chi connectivity index (χ4v) is 2.30. The van der Waals surface area contributed by atoms with Crippen LogP contribution in [-0.2, 0) is 10.3 Å². The van der Waals surface area contributed by atoms with Crippen molar-refractivity contribution in [3.8, 4) is 0 Å². The summed E-state index contributed by atoms with van der Waals surface area (Å²) in [6, 6.07) is 8.29. The van der Waals surface area contributed by atoms with Gasteiger partial charge in [-0.05, 0) is 45.7 Å². The largest absolute Gasteiger partial charge is 0.347 e. The van der Waals surface area contributed by atoms with Gasteiger partial charge in [-0.15, -0.1) is 0 Å². The Morgan fingerprint density at radius 2 is 1.90 bits per heavy atom. The van der Waals surface area contributed by atoms with Crippen molar-refractivity contribution in [2.24, 2.45) is 5.73 Å². The van der Waals surface area contributed by atoms with E-state index < -0.39 is 0 Å². The number of nitrogens with two attached hydrogens (primary N) is 1. The van der Waals surface area contributed by atoms with Crippen LogP contribution in [0.25, 0.3) is 0 Å². The SMILES string of the molecule is Cc1cccc(C(C)(C)NC(=O)CCCCCCN)c1. The Labute approximate surface area is 122 Å². The van der Waals surface area contributed by atoms with E-state index in [-0.39, 0.29) is 11.4 Å². The van der Waals surface area contributed by atoms with Gasteiger partial charge in [-0.25, -0.2) is 0 Å². The van der Waals surface area contributed by atoms with Gasteiger partial charge in [-0.3, -0.25) is 4.79 Å². The molecule has 0 saturated heterocycles. The molecule has 0 fully saturated rings. The Morgan fingerprint density at radius 1 is 1.20 bits per heavy atom.